The van der Waals surface area contributed by atoms with Crippen LogP contribution in [-0.2, 0) is 16.2 Å². The van der Waals surface area contributed by atoms with Crippen molar-refractivity contribution in [2.75, 3.05) is 4.72 Å². The van der Waals surface area contributed by atoms with Gasteiger partial charge in [0.2, 0.25) is 0 Å². The van der Waals surface area contributed by atoms with E-state index in [2.05, 4.69) is 9.97 Å². The normalized spacial score (nSPS) is 12.1. The van der Waals surface area contributed by atoms with E-state index in [4.69, 9.17) is 0 Å². The minimum atomic E-state index is -4.66. The predicted molar refractivity (Wildman–Crippen MR) is 65.9 cm³/mol. The second kappa shape index (κ2) is 5.20. The summed E-state index contributed by atoms with van der Waals surface area (Å²) in [4.78, 5) is 6.17. The van der Waals surface area contributed by atoms with Crippen molar-refractivity contribution in [1.29, 1.82) is 0 Å². The highest BCUT2D eigenvalue weighted by Gasteiger charge is 2.32. The molecule has 2 aromatic heterocycles. The van der Waals surface area contributed by atoms with Gasteiger partial charge in [-0.05, 0) is 24.3 Å². The lowest BCUT2D eigenvalue weighted by Crippen LogP contribution is -2.15. The molecule has 0 aromatic carbocycles. The van der Waals surface area contributed by atoms with Crippen LogP contribution < -0.4 is 4.72 Å². The molecule has 0 unspecified atom stereocenters. The van der Waals surface area contributed by atoms with Crippen LogP contribution in [0.5, 0.6) is 5.75 Å². The van der Waals surface area contributed by atoms with Crippen LogP contribution in [0.2, 0.25) is 0 Å². The van der Waals surface area contributed by atoms with Gasteiger partial charge >= 0.3 is 6.18 Å². The van der Waals surface area contributed by atoms with Gasteiger partial charge in [0.25, 0.3) is 10.0 Å². The number of pyridine rings is 2. The van der Waals surface area contributed by atoms with Gasteiger partial charge in [-0.1, -0.05) is 0 Å². The van der Waals surface area contributed by atoms with Crippen molar-refractivity contribution in [2.45, 2.75) is 11.1 Å². The molecule has 0 aliphatic rings. The summed E-state index contributed by atoms with van der Waals surface area (Å²) in [5, 5.41) is 9.42. The molecule has 2 heterocycles. The molecule has 0 spiro atoms. The van der Waals surface area contributed by atoms with Gasteiger partial charge < -0.3 is 5.11 Å². The van der Waals surface area contributed by atoms with Gasteiger partial charge in [0.1, 0.15) is 10.6 Å². The van der Waals surface area contributed by atoms with Gasteiger partial charge in [0, 0.05) is 12.4 Å². The fraction of sp³-hybridized carbons (Fsp3) is 0.0909. The Bertz CT molecular complexity index is 745. The Hall–Kier alpha value is -2.36. The molecule has 6 nitrogen and oxygen atoms in total. The fourth-order valence-electron chi connectivity index (χ4n) is 1.37. The van der Waals surface area contributed by atoms with Gasteiger partial charge in [-0.3, -0.25) is 9.71 Å². The fourth-order valence-corrected chi connectivity index (χ4v) is 2.34. The number of rotatable bonds is 3. The van der Waals surface area contributed by atoms with E-state index in [0.29, 0.717) is 12.3 Å². The van der Waals surface area contributed by atoms with Crippen molar-refractivity contribution < 1.29 is 26.7 Å². The minimum Gasteiger partial charge on any atom is -0.504 e. The van der Waals surface area contributed by atoms with E-state index in [0.717, 1.165) is 6.07 Å². The lowest BCUT2D eigenvalue weighted by Gasteiger charge is -2.09. The molecule has 21 heavy (non-hydrogen) atoms. The number of alkyl halides is 3. The lowest BCUT2D eigenvalue weighted by molar-refractivity contribution is -0.141. The van der Waals surface area contributed by atoms with Crippen LogP contribution in [0.25, 0.3) is 0 Å². The van der Waals surface area contributed by atoms with Gasteiger partial charge in [0.15, 0.2) is 11.6 Å². The Labute approximate surface area is 117 Å². The summed E-state index contributed by atoms with van der Waals surface area (Å²) in [5.41, 5.74) is -1.21. The van der Waals surface area contributed by atoms with Crippen LogP contribution in [0.3, 0.4) is 0 Å². The van der Waals surface area contributed by atoms with Crippen LogP contribution in [-0.4, -0.2) is 23.5 Å². The van der Waals surface area contributed by atoms with E-state index >= 15 is 0 Å². The van der Waals surface area contributed by atoms with E-state index in [-0.39, 0.29) is 5.82 Å². The molecule has 0 atom stereocenters. The molecule has 0 aliphatic carbocycles. The number of nitrogens with zero attached hydrogens (tertiary/aromatic N) is 2. The number of aromatic hydroxyl groups is 1. The van der Waals surface area contributed by atoms with Gasteiger partial charge in [-0.25, -0.2) is 13.4 Å². The second-order valence-electron chi connectivity index (χ2n) is 3.85. The summed E-state index contributed by atoms with van der Waals surface area (Å²) in [5.74, 6) is -0.752. The Balaban J connectivity index is 2.30. The summed E-state index contributed by atoms with van der Waals surface area (Å²) in [6.07, 6.45) is -2.84. The summed E-state index contributed by atoms with van der Waals surface area (Å²) in [6, 6.07) is 3.90. The molecule has 0 fully saturated rings. The zero-order valence-electron chi connectivity index (χ0n) is 10.2. The number of aromatic nitrogens is 2. The van der Waals surface area contributed by atoms with Crippen LogP contribution in [0.4, 0.5) is 19.0 Å². The van der Waals surface area contributed by atoms with E-state index in [1.807, 2.05) is 4.72 Å². The monoisotopic (exact) mass is 319 g/mol. The van der Waals surface area contributed by atoms with Crippen molar-refractivity contribution in [3.63, 3.8) is 0 Å². The first-order valence-corrected chi connectivity index (χ1v) is 6.88. The Kier molecular flexibility index (Phi) is 3.73. The van der Waals surface area contributed by atoms with Crippen LogP contribution in [0, 0.1) is 0 Å². The standard InChI is InChI=1S/C11H8F3N3O3S/c12-11(13,14)9-4-3-7(6-16-9)21(19,20)17-10-8(18)2-1-5-15-10/h1-6,18H,(H,15,17). The SMILES string of the molecule is O=S(=O)(Nc1ncccc1O)c1ccc(C(F)(F)F)nc1. The van der Waals surface area contributed by atoms with Gasteiger partial charge in [-0.15, -0.1) is 0 Å². The maximum atomic E-state index is 12.3. The number of halogens is 3. The molecule has 0 saturated carbocycles. The van der Waals surface area contributed by atoms with Crippen molar-refractivity contribution in [2.24, 2.45) is 0 Å². The first-order valence-electron chi connectivity index (χ1n) is 5.40. The van der Waals surface area contributed by atoms with Crippen molar-refractivity contribution in [1.82, 2.24) is 9.97 Å². The second-order valence-corrected chi connectivity index (χ2v) is 5.54. The minimum absolute atomic E-state index is 0.336. The number of nitrogens with one attached hydrogen (secondary N) is 1. The highest BCUT2D eigenvalue weighted by atomic mass is 32.2. The number of anilines is 1. The van der Waals surface area contributed by atoms with Crippen LogP contribution in [0.1, 0.15) is 5.69 Å². The maximum absolute atomic E-state index is 12.3. The van der Waals surface area contributed by atoms with Crippen molar-refractivity contribution >= 4 is 15.8 Å². The van der Waals surface area contributed by atoms with Gasteiger partial charge in [-0.2, -0.15) is 13.2 Å². The third-order valence-electron chi connectivity index (χ3n) is 2.35. The highest BCUT2D eigenvalue weighted by molar-refractivity contribution is 7.92. The summed E-state index contributed by atoms with van der Waals surface area (Å²) >= 11 is 0. The highest BCUT2D eigenvalue weighted by Crippen LogP contribution is 2.28. The molecule has 10 heteroatoms. The van der Waals surface area contributed by atoms with E-state index in [1.165, 1.54) is 18.3 Å². The molecule has 0 bridgehead atoms. The molecule has 2 rings (SSSR count). The Morgan fingerprint density at radius 1 is 1.14 bits per heavy atom. The zero-order chi connectivity index (χ0) is 15.7. The van der Waals surface area contributed by atoms with Crippen molar-refractivity contribution in [3.8, 4) is 5.75 Å². The Morgan fingerprint density at radius 3 is 2.38 bits per heavy atom. The zero-order valence-corrected chi connectivity index (χ0v) is 11.0. The van der Waals surface area contributed by atoms with Crippen LogP contribution >= 0.6 is 0 Å². The summed E-state index contributed by atoms with van der Waals surface area (Å²) in [7, 11) is -4.20. The van der Waals surface area contributed by atoms with E-state index < -0.39 is 32.5 Å². The molecule has 0 aliphatic heterocycles. The summed E-state index contributed by atoms with van der Waals surface area (Å²) < 4.78 is 62.8. The molecule has 2 N–H and O–H groups in total. The average Bonchev–Trinajstić information content (AvgIpc) is 2.40. The smallest absolute Gasteiger partial charge is 0.433 e. The maximum Gasteiger partial charge on any atom is 0.433 e. The quantitative estimate of drug-likeness (QED) is 0.903. The molecule has 2 aromatic rings. The molecule has 0 radical (unpaired) electrons. The molecule has 112 valence electrons. The van der Waals surface area contributed by atoms with Gasteiger partial charge in [0.05, 0.1) is 0 Å². The predicted octanol–water partition coefficient (Wildman–Crippen LogP) is 2.00. The molecule has 0 amide bonds. The van der Waals surface area contributed by atoms with E-state index in [9.17, 15) is 26.7 Å². The van der Waals surface area contributed by atoms with Crippen LogP contribution in [0.15, 0.2) is 41.6 Å². The largest absolute Gasteiger partial charge is 0.504 e. The first kappa shape index (κ1) is 15.0. The third kappa shape index (κ3) is 3.40. The Morgan fingerprint density at radius 2 is 1.86 bits per heavy atom. The van der Waals surface area contributed by atoms with Crippen molar-refractivity contribution in [3.05, 3.63) is 42.4 Å². The van der Waals surface area contributed by atoms with E-state index in [1.54, 1.807) is 0 Å². The third-order valence-corrected chi connectivity index (χ3v) is 3.68. The summed E-state index contributed by atoms with van der Waals surface area (Å²) in [6.45, 7) is 0. The molecular formula is C11H8F3N3O3S. The molecule has 0 saturated heterocycles. The number of sulfonamides is 1. The number of hydrogen-bond acceptors (Lipinski definition) is 5. The first-order chi connectivity index (χ1) is 9.70. The topological polar surface area (TPSA) is 92.2 Å². The average molecular weight is 319 g/mol. The lowest BCUT2D eigenvalue weighted by atomic mass is 10.3. The number of hydrogen-bond donors (Lipinski definition) is 2. The molecular weight excluding hydrogens is 311 g/mol.